The van der Waals surface area contributed by atoms with Crippen LogP contribution in [0.2, 0.25) is 0 Å². The van der Waals surface area contributed by atoms with E-state index in [1.165, 1.54) is 30.5 Å². The van der Waals surface area contributed by atoms with Crippen molar-refractivity contribution in [1.82, 2.24) is 25.5 Å². The lowest BCUT2D eigenvalue weighted by Crippen LogP contribution is -2.39. The number of nitrogens with zero attached hydrogens (tertiary/aromatic N) is 4. The highest BCUT2D eigenvalue weighted by molar-refractivity contribution is 7.92. The Labute approximate surface area is 274 Å². The van der Waals surface area contributed by atoms with Crippen LogP contribution >= 0.6 is 0 Å². The molecule has 3 N–H and O–H groups in total. The van der Waals surface area contributed by atoms with E-state index >= 15 is 0 Å². The summed E-state index contributed by atoms with van der Waals surface area (Å²) in [5.74, 6) is -1.91. The summed E-state index contributed by atoms with van der Waals surface area (Å²) in [4.78, 5) is 57.1. The summed E-state index contributed by atoms with van der Waals surface area (Å²) in [5.41, 5.74) is 0.915. The third-order valence-electron chi connectivity index (χ3n) is 6.90. The van der Waals surface area contributed by atoms with E-state index < -0.39 is 45.1 Å². The van der Waals surface area contributed by atoms with Crippen LogP contribution in [0.1, 0.15) is 18.4 Å². The van der Waals surface area contributed by atoms with Gasteiger partial charge in [-0.15, -0.1) is 4.36 Å². The van der Waals surface area contributed by atoms with E-state index in [1.54, 1.807) is 12.1 Å². The molecule has 1 aromatic carbocycles. The summed E-state index contributed by atoms with van der Waals surface area (Å²) in [7, 11) is -3.13. The van der Waals surface area contributed by atoms with Gasteiger partial charge in [0.15, 0.2) is 0 Å². The van der Waals surface area contributed by atoms with Crippen LogP contribution in [0.15, 0.2) is 59.1 Å². The molecule has 5 rings (SSSR count). The first kappa shape index (κ1) is 33.9. The fourth-order valence-corrected chi connectivity index (χ4v) is 6.03. The van der Waals surface area contributed by atoms with E-state index in [0.717, 1.165) is 23.2 Å². The monoisotopic (exact) mass is 683 g/mol. The number of rotatable bonds is 8. The molecule has 4 heterocycles. The third-order valence-corrected chi connectivity index (χ3v) is 8.32. The molecule has 2 aliphatic heterocycles. The fourth-order valence-electron chi connectivity index (χ4n) is 4.76. The van der Waals surface area contributed by atoms with Crippen LogP contribution in [-0.4, -0.2) is 81.9 Å². The average molecular weight is 684 g/mol. The Morgan fingerprint density at radius 3 is 2.56 bits per heavy atom. The van der Waals surface area contributed by atoms with Gasteiger partial charge < -0.3 is 25.4 Å². The minimum atomic E-state index is -3.13. The number of urea groups is 1. The number of carbonyl (C=O) groups excluding carboxylic acids is 4. The molecule has 252 valence electrons. The number of carbonyl (C=O) groups is 4. The second-order valence-corrected chi connectivity index (χ2v) is 13.1. The molecule has 3 aromatic rings. The maximum Gasteiger partial charge on any atom is 0.349 e. The summed E-state index contributed by atoms with van der Waals surface area (Å²) in [6.07, 6.45) is 4.88. The van der Waals surface area contributed by atoms with Crippen LogP contribution < -0.4 is 25.4 Å². The number of nitrogens with one attached hydrogen (secondary N) is 3. The average Bonchev–Trinajstić information content (AvgIpc) is 3.33. The molecule has 0 fully saturated rings. The van der Waals surface area contributed by atoms with Gasteiger partial charge in [0.1, 0.15) is 29.0 Å². The Morgan fingerprint density at radius 1 is 1.00 bits per heavy atom. The van der Waals surface area contributed by atoms with Crippen LogP contribution in [0, 0.1) is 11.6 Å². The van der Waals surface area contributed by atoms with Crippen molar-refractivity contribution in [2.75, 3.05) is 44.4 Å². The molecular formula is C31H31F2N7O7S. The van der Waals surface area contributed by atoms with Gasteiger partial charge in [-0.1, -0.05) is 0 Å². The molecule has 0 aliphatic carbocycles. The summed E-state index contributed by atoms with van der Waals surface area (Å²) in [6, 6.07) is 7.46. The SMILES string of the molecule is CS(=O)(Cc1cc2nc(c1)OCCCOc1cc(F)ccc1-c1cc(ncc1F)N2)=NC(=O)NCCC(=O)NCCN1C(=O)C=CC1=O. The Hall–Kier alpha value is -5.45. The minimum absolute atomic E-state index is 0.0156. The number of ether oxygens (including phenoxy) is 2. The topological polar surface area (TPSA) is 181 Å². The third kappa shape index (κ3) is 9.09. The lowest BCUT2D eigenvalue weighted by molar-refractivity contribution is -0.137. The number of fused-ring (bicyclic) bond motifs is 6. The van der Waals surface area contributed by atoms with Crippen molar-refractivity contribution < 1.29 is 41.6 Å². The van der Waals surface area contributed by atoms with Crippen molar-refractivity contribution >= 4 is 45.1 Å². The predicted molar refractivity (Wildman–Crippen MR) is 170 cm³/mol. The molecule has 2 aliphatic rings. The second-order valence-electron chi connectivity index (χ2n) is 10.8. The number of anilines is 2. The summed E-state index contributed by atoms with van der Waals surface area (Å²) in [5, 5.41) is 7.96. The van der Waals surface area contributed by atoms with E-state index in [1.807, 2.05) is 0 Å². The first-order valence-corrected chi connectivity index (χ1v) is 16.8. The van der Waals surface area contributed by atoms with Crippen molar-refractivity contribution in [1.29, 1.82) is 0 Å². The van der Waals surface area contributed by atoms with Crippen molar-refractivity contribution in [3.8, 4) is 22.8 Å². The molecule has 14 nitrogen and oxygen atoms in total. The normalized spacial score (nSPS) is 15.2. The van der Waals surface area contributed by atoms with E-state index in [9.17, 15) is 32.2 Å². The Kier molecular flexibility index (Phi) is 10.6. The van der Waals surface area contributed by atoms with E-state index in [4.69, 9.17) is 9.47 Å². The minimum Gasteiger partial charge on any atom is -0.493 e. The molecule has 5 amide bonds. The molecule has 0 saturated heterocycles. The van der Waals surface area contributed by atoms with E-state index in [2.05, 4.69) is 30.3 Å². The highest BCUT2D eigenvalue weighted by Crippen LogP contribution is 2.34. The number of amides is 5. The van der Waals surface area contributed by atoms with Gasteiger partial charge in [0, 0.05) is 74.1 Å². The van der Waals surface area contributed by atoms with Crippen LogP contribution in [0.4, 0.5) is 25.2 Å². The zero-order valence-corrected chi connectivity index (χ0v) is 26.5. The zero-order chi connectivity index (χ0) is 34.3. The van der Waals surface area contributed by atoms with Gasteiger partial charge in [0.2, 0.25) is 11.8 Å². The van der Waals surface area contributed by atoms with Gasteiger partial charge in [-0.3, -0.25) is 19.3 Å². The number of aromatic nitrogens is 2. The molecule has 48 heavy (non-hydrogen) atoms. The van der Waals surface area contributed by atoms with Crippen molar-refractivity contribution in [3.63, 3.8) is 0 Å². The Balaban J connectivity index is 1.23. The highest BCUT2D eigenvalue weighted by atomic mass is 32.2. The Morgan fingerprint density at radius 2 is 1.77 bits per heavy atom. The van der Waals surface area contributed by atoms with Crippen LogP contribution in [0.25, 0.3) is 11.1 Å². The summed E-state index contributed by atoms with van der Waals surface area (Å²) < 4.78 is 57.5. The van der Waals surface area contributed by atoms with E-state index in [-0.39, 0.29) is 73.9 Å². The van der Waals surface area contributed by atoms with Gasteiger partial charge in [0.25, 0.3) is 11.8 Å². The van der Waals surface area contributed by atoms with Gasteiger partial charge >= 0.3 is 6.03 Å². The van der Waals surface area contributed by atoms with Crippen LogP contribution in [0.3, 0.4) is 0 Å². The van der Waals surface area contributed by atoms with Gasteiger partial charge in [0.05, 0.1) is 34.9 Å². The first-order valence-electron chi connectivity index (χ1n) is 14.7. The number of hydrogen-bond donors (Lipinski definition) is 3. The predicted octanol–water partition coefficient (Wildman–Crippen LogP) is 3.07. The first-order chi connectivity index (χ1) is 23.0. The van der Waals surface area contributed by atoms with Crippen LogP contribution in [-0.2, 0) is 29.9 Å². The lowest BCUT2D eigenvalue weighted by Gasteiger charge is -2.16. The maximum absolute atomic E-state index is 14.9. The summed E-state index contributed by atoms with van der Waals surface area (Å²) >= 11 is 0. The maximum atomic E-state index is 14.9. The molecule has 17 heteroatoms. The Bertz CT molecular complexity index is 1900. The van der Waals surface area contributed by atoms with Crippen molar-refractivity contribution in [3.05, 3.63) is 71.9 Å². The highest BCUT2D eigenvalue weighted by Gasteiger charge is 2.23. The quantitative estimate of drug-likeness (QED) is 0.299. The fraction of sp³-hybridized carbons (Fsp3) is 0.290. The van der Waals surface area contributed by atoms with Gasteiger partial charge in [-0.05, 0) is 29.8 Å². The smallest absolute Gasteiger partial charge is 0.349 e. The van der Waals surface area contributed by atoms with Crippen LogP contribution in [0.5, 0.6) is 11.6 Å². The molecule has 0 radical (unpaired) electrons. The zero-order valence-electron chi connectivity index (χ0n) is 25.7. The largest absolute Gasteiger partial charge is 0.493 e. The number of hydrogen-bond acceptors (Lipinski definition) is 10. The second kappa shape index (κ2) is 15.0. The standard InChI is InChI=1S/C31H31F2N7O7S/c1-48(45,39-31(44)35-8-7-27(41)34-9-10-40-29(42)5-6-30(40)43)18-19-13-26-37-25-16-22(23(33)17-36-25)21-4-3-20(32)15-24(21)46-11-2-12-47-28(14-19)38-26/h3-6,13-17H,2,7-12,18H2,1H3,(H,34,41)(H,35,44)(H,36,37,38). The number of imide groups is 1. The van der Waals surface area contributed by atoms with Gasteiger partial charge in [-0.25, -0.2) is 22.8 Å². The number of halogens is 2. The molecule has 0 saturated carbocycles. The molecule has 2 aromatic heterocycles. The lowest BCUT2D eigenvalue weighted by atomic mass is 10.0. The number of benzene rings is 1. The molecule has 1 unspecified atom stereocenters. The molecule has 4 bridgehead atoms. The molecule has 0 spiro atoms. The molecular weight excluding hydrogens is 652 g/mol. The van der Waals surface area contributed by atoms with Crippen molar-refractivity contribution in [2.24, 2.45) is 4.36 Å². The van der Waals surface area contributed by atoms with Gasteiger partial charge in [-0.2, -0.15) is 4.98 Å². The van der Waals surface area contributed by atoms with Crippen molar-refractivity contribution in [2.45, 2.75) is 18.6 Å². The van der Waals surface area contributed by atoms with E-state index in [0.29, 0.717) is 17.5 Å². The molecule has 1 atom stereocenters. The summed E-state index contributed by atoms with van der Waals surface area (Å²) in [6.45, 7) is 0.268. The number of pyridine rings is 2.